The summed E-state index contributed by atoms with van der Waals surface area (Å²) in [5.41, 5.74) is 3.25. The fraction of sp³-hybridized carbons (Fsp3) is 0.312. The molecule has 1 heterocycles. The van der Waals surface area contributed by atoms with Gasteiger partial charge in [0.1, 0.15) is 0 Å². The Morgan fingerprint density at radius 1 is 1.25 bits per heavy atom. The first-order valence-corrected chi connectivity index (χ1v) is 6.91. The molecular formula is C16H17N3O. The highest BCUT2D eigenvalue weighted by molar-refractivity contribution is 5.95. The highest BCUT2D eigenvalue weighted by Crippen LogP contribution is 2.27. The van der Waals surface area contributed by atoms with E-state index in [2.05, 4.69) is 15.5 Å². The van der Waals surface area contributed by atoms with Crippen molar-refractivity contribution >= 4 is 5.91 Å². The van der Waals surface area contributed by atoms with Crippen LogP contribution in [-0.2, 0) is 0 Å². The minimum Gasteiger partial charge on any atom is -0.352 e. The minimum absolute atomic E-state index is 0.0150. The van der Waals surface area contributed by atoms with E-state index in [1.54, 1.807) is 0 Å². The Bertz CT molecular complexity index is 618. The van der Waals surface area contributed by atoms with Gasteiger partial charge in [-0.1, -0.05) is 12.1 Å². The first-order chi connectivity index (χ1) is 9.72. The average Bonchev–Trinajstić information content (AvgIpc) is 3.30. The Hall–Kier alpha value is -2.23. The van der Waals surface area contributed by atoms with E-state index in [1.165, 1.54) is 12.8 Å². The van der Waals surface area contributed by atoms with Crippen LogP contribution in [0.3, 0.4) is 0 Å². The molecule has 0 radical (unpaired) electrons. The maximum absolute atomic E-state index is 12.1. The standard InChI is InChI=1S/C16H17N3O/c1-11-5-8-15(19-18-11)13-3-2-4-14(9-13)16(20)17-10-12-6-7-12/h2-5,8-9,12H,6-7,10H2,1H3,(H,17,20). The number of nitrogens with zero attached hydrogens (tertiary/aromatic N) is 2. The second-order valence-electron chi connectivity index (χ2n) is 5.29. The predicted molar refractivity (Wildman–Crippen MR) is 77.3 cm³/mol. The van der Waals surface area contributed by atoms with Gasteiger partial charge in [-0.05, 0) is 49.9 Å². The van der Waals surface area contributed by atoms with Gasteiger partial charge < -0.3 is 5.32 Å². The lowest BCUT2D eigenvalue weighted by molar-refractivity contribution is 0.0952. The molecule has 1 aromatic heterocycles. The molecule has 1 saturated carbocycles. The number of aromatic nitrogens is 2. The van der Waals surface area contributed by atoms with Gasteiger partial charge in [-0.2, -0.15) is 10.2 Å². The molecular weight excluding hydrogens is 250 g/mol. The van der Waals surface area contributed by atoms with Crippen molar-refractivity contribution in [1.82, 2.24) is 15.5 Å². The summed E-state index contributed by atoms with van der Waals surface area (Å²) in [5.74, 6) is 0.670. The Balaban J connectivity index is 1.77. The van der Waals surface area contributed by atoms with Crippen molar-refractivity contribution in [3.63, 3.8) is 0 Å². The van der Waals surface area contributed by atoms with Crippen molar-refractivity contribution in [3.8, 4) is 11.3 Å². The van der Waals surface area contributed by atoms with Crippen molar-refractivity contribution in [2.24, 2.45) is 5.92 Å². The number of nitrogens with one attached hydrogen (secondary N) is 1. The van der Waals surface area contributed by atoms with E-state index < -0.39 is 0 Å². The van der Waals surface area contributed by atoms with Gasteiger partial charge in [0.25, 0.3) is 5.91 Å². The van der Waals surface area contributed by atoms with Gasteiger partial charge in [-0.15, -0.1) is 0 Å². The minimum atomic E-state index is -0.0150. The normalized spacial score (nSPS) is 14.1. The summed E-state index contributed by atoms with van der Waals surface area (Å²) < 4.78 is 0. The van der Waals surface area contributed by atoms with Crippen molar-refractivity contribution < 1.29 is 4.79 Å². The van der Waals surface area contributed by atoms with E-state index in [1.807, 2.05) is 43.3 Å². The van der Waals surface area contributed by atoms with Gasteiger partial charge in [-0.25, -0.2) is 0 Å². The highest BCUT2D eigenvalue weighted by atomic mass is 16.1. The lowest BCUT2D eigenvalue weighted by Crippen LogP contribution is -2.25. The summed E-state index contributed by atoms with van der Waals surface area (Å²) in [6.45, 7) is 2.69. The van der Waals surface area contributed by atoms with Crippen LogP contribution in [0.5, 0.6) is 0 Å². The Morgan fingerprint density at radius 2 is 2.10 bits per heavy atom. The number of hydrogen-bond acceptors (Lipinski definition) is 3. The number of carbonyl (C=O) groups is 1. The molecule has 0 saturated heterocycles. The second-order valence-corrected chi connectivity index (χ2v) is 5.29. The summed E-state index contributed by atoms with van der Waals surface area (Å²) in [6.07, 6.45) is 2.47. The molecule has 1 aromatic carbocycles. The topological polar surface area (TPSA) is 54.9 Å². The fourth-order valence-electron chi connectivity index (χ4n) is 2.03. The van der Waals surface area contributed by atoms with E-state index >= 15 is 0 Å². The predicted octanol–water partition coefficient (Wildman–Crippen LogP) is 2.59. The SMILES string of the molecule is Cc1ccc(-c2cccc(C(=O)NCC3CC3)c2)nn1. The number of carbonyl (C=O) groups excluding carboxylic acids is 1. The lowest BCUT2D eigenvalue weighted by Gasteiger charge is -2.06. The Kier molecular flexibility index (Phi) is 3.46. The van der Waals surface area contributed by atoms with Gasteiger partial charge in [0.2, 0.25) is 0 Å². The van der Waals surface area contributed by atoms with E-state index in [4.69, 9.17) is 0 Å². The summed E-state index contributed by atoms with van der Waals surface area (Å²) in [6, 6.07) is 11.3. The third-order valence-corrected chi connectivity index (χ3v) is 3.47. The van der Waals surface area contributed by atoms with Crippen molar-refractivity contribution in [3.05, 3.63) is 47.7 Å². The molecule has 1 aliphatic carbocycles. The number of benzene rings is 1. The number of amides is 1. The van der Waals surface area contributed by atoms with Crippen LogP contribution >= 0.6 is 0 Å². The maximum Gasteiger partial charge on any atom is 0.251 e. The van der Waals surface area contributed by atoms with E-state index in [9.17, 15) is 4.79 Å². The van der Waals surface area contributed by atoms with Crippen LogP contribution in [0.1, 0.15) is 28.9 Å². The van der Waals surface area contributed by atoms with Crippen LogP contribution in [-0.4, -0.2) is 22.6 Å². The molecule has 2 aromatic rings. The highest BCUT2D eigenvalue weighted by Gasteiger charge is 2.21. The molecule has 0 atom stereocenters. The van der Waals surface area contributed by atoms with Crippen molar-refractivity contribution in [2.45, 2.75) is 19.8 Å². The maximum atomic E-state index is 12.1. The monoisotopic (exact) mass is 267 g/mol. The van der Waals surface area contributed by atoms with Crippen LogP contribution in [0.15, 0.2) is 36.4 Å². The quantitative estimate of drug-likeness (QED) is 0.926. The molecule has 3 rings (SSSR count). The van der Waals surface area contributed by atoms with Gasteiger partial charge >= 0.3 is 0 Å². The molecule has 1 fully saturated rings. The van der Waals surface area contributed by atoms with Crippen molar-refractivity contribution in [2.75, 3.05) is 6.54 Å². The first-order valence-electron chi connectivity index (χ1n) is 6.91. The zero-order chi connectivity index (χ0) is 13.9. The van der Waals surface area contributed by atoms with Crippen molar-refractivity contribution in [1.29, 1.82) is 0 Å². The third-order valence-electron chi connectivity index (χ3n) is 3.47. The largest absolute Gasteiger partial charge is 0.352 e. The average molecular weight is 267 g/mol. The van der Waals surface area contributed by atoms with Gasteiger partial charge in [0, 0.05) is 17.7 Å². The summed E-state index contributed by atoms with van der Waals surface area (Å²) in [4.78, 5) is 12.1. The molecule has 102 valence electrons. The number of aryl methyl sites for hydroxylation is 1. The van der Waals surface area contributed by atoms with Gasteiger partial charge in [0.05, 0.1) is 11.4 Å². The number of hydrogen-bond donors (Lipinski definition) is 1. The molecule has 0 spiro atoms. The molecule has 1 N–H and O–H groups in total. The zero-order valence-corrected chi connectivity index (χ0v) is 11.5. The van der Waals surface area contributed by atoms with Crippen LogP contribution in [0.2, 0.25) is 0 Å². The van der Waals surface area contributed by atoms with Crippen LogP contribution in [0.4, 0.5) is 0 Å². The van der Waals surface area contributed by atoms with Gasteiger partial charge in [-0.3, -0.25) is 4.79 Å². The smallest absolute Gasteiger partial charge is 0.251 e. The van der Waals surface area contributed by atoms with Crippen LogP contribution < -0.4 is 5.32 Å². The Labute approximate surface area is 118 Å². The Morgan fingerprint density at radius 3 is 2.80 bits per heavy atom. The van der Waals surface area contributed by atoms with E-state index in [-0.39, 0.29) is 5.91 Å². The van der Waals surface area contributed by atoms with E-state index in [0.29, 0.717) is 11.5 Å². The summed E-state index contributed by atoms with van der Waals surface area (Å²) in [5, 5.41) is 11.2. The third kappa shape index (κ3) is 3.02. The van der Waals surface area contributed by atoms with Gasteiger partial charge in [0.15, 0.2) is 0 Å². The van der Waals surface area contributed by atoms with Crippen LogP contribution in [0.25, 0.3) is 11.3 Å². The molecule has 1 amide bonds. The molecule has 0 aliphatic heterocycles. The second kappa shape index (κ2) is 5.41. The molecule has 1 aliphatic rings. The van der Waals surface area contributed by atoms with E-state index in [0.717, 1.165) is 23.5 Å². The number of rotatable bonds is 4. The molecule has 0 unspecified atom stereocenters. The summed E-state index contributed by atoms with van der Waals surface area (Å²) in [7, 11) is 0. The molecule has 4 heteroatoms. The van der Waals surface area contributed by atoms with Crippen LogP contribution in [0, 0.1) is 12.8 Å². The fourth-order valence-corrected chi connectivity index (χ4v) is 2.03. The first kappa shape index (κ1) is 12.8. The molecule has 0 bridgehead atoms. The lowest BCUT2D eigenvalue weighted by atomic mass is 10.1. The molecule has 4 nitrogen and oxygen atoms in total. The molecule has 20 heavy (non-hydrogen) atoms. The zero-order valence-electron chi connectivity index (χ0n) is 11.5. The summed E-state index contributed by atoms with van der Waals surface area (Å²) >= 11 is 0.